The third-order valence-electron chi connectivity index (χ3n) is 3.92. The average Bonchev–Trinajstić information content (AvgIpc) is 2.76. The molecule has 0 unspecified atom stereocenters. The first-order chi connectivity index (χ1) is 14.2. The molecular formula is C24H26ClNO3. The molecule has 0 fully saturated rings. The zero-order valence-electron chi connectivity index (χ0n) is 17.0. The van der Waals surface area contributed by atoms with Crippen LogP contribution in [0.25, 0.3) is 0 Å². The molecule has 0 aliphatic heterocycles. The molecule has 0 saturated heterocycles. The second kappa shape index (κ2) is 11.9. The maximum atomic E-state index is 11.9. The van der Waals surface area contributed by atoms with E-state index in [1.165, 1.54) is 0 Å². The summed E-state index contributed by atoms with van der Waals surface area (Å²) in [7, 11) is 0. The van der Waals surface area contributed by atoms with E-state index in [9.17, 15) is 4.79 Å². The van der Waals surface area contributed by atoms with Gasteiger partial charge in [-0.05, 0) is 42.8 Å². The van der Waals surface area contributed by atoms with E-state index >= 15 is 0 Å². The molecule has 1 aromatic heterocycles. The molecule has 3 rings (SSSR count). The van der Waals surface area contributed by atoms with Gasteiger partial charge in [-0.2, -0.15) is 0 Å². The van der Waals surface area contributed by atoms with Gasteiger partial charge in [0.1, 0.15) is 18.1 Å². The molecule has 0 bridgehead atoms. The molecule has 29 heavy (non-hydrogen) atoms. The Morgan fingerprint density at radius 3 is 2.48 bits per heavy atom. The SMILES string of the molecule is CC.CCOC(=O)c1cccc(Cc2cc(Cl)ccc2OCc2ccccc2)n1. The van der Waals surface area contributed by atoms with Gasteiger partial charge in [-0.25, -0.2) is 9.78 Å². The molecule has 0 aliphatic carbocycles. The van der Waals surface area contributed by atoms with Crippen molar-refractivity contribution in [2.45, 2.75) is 33.8 Å². The number of aromatic nitrogens is 1. The van der Waals surface area contributed by atoms with Crippen molar-refractivity contribution >= 4 is 17.6 Å². The molecule has 1 heterocycles. The number of pyridine rings is 1. The van der Waals surface area contributed by atoms with E-state index in [0.717, 1.165) is 22.6 Å². The highest BCUT2D eigenvalue weighted by Gasteiger charge is 2.11. The van der Waals surface area contributed by atoms with Crippen LogP contribution in [0.4, 0.5) is 0 Å². The Morgan fingerprint density at radius 2 is 1.76 bits per heavy atom. The van der Waals surface area contributed by atoms with Crippen LogP contribution in [0.1, 0.15) is 48.1 Å². The zero-order chi connectivity index (χ0) is 21.1. The highest BCUT2D eigenvalue weighted by molar-refractivity contribution is 6.30. The molecule has 0 radical (unpaired) electrons. The van der Waals surface area contributed by atoms with Gasteiger partial charge in [-0.15, -0.1) is 0 Å². The van der Waals surface area contributed by atoms with Crippen molar-refractivity contribution in [2.24, 2.45) is 0 Å². The molecule has 0 N–H and O–H groups in total. The fourth-order valence-corrected chi connectivity index (χ4v) is 2.85. The largest absolute Gasteiger partial charge is 0.489 e. The van der Waals surface area contributed by atoms with Crippen LogP contribution in [0.5, 0.6) is 5.75 Å². The average molecular weight is 412 g/mol. The van der Waals surface area contributed by atoms with Crippen molar-refractivity contribution in [3.05, 3.63) is 94.3 Å². The summed E-state index contributed by atoms with van der Waals surface area (Å²) >= 11 is 6.17. The zero-order valence-corrected chi connectivity index (χ0v) is 17.8. The Morgan fingerprint density at radius 1 is 1.00 bits per heavy atom. The smallest absolute Gasteiger partial charge is 0.356 e. The monoisotopic (exact) mass is 411 g/mol. The number of carbonyl (C=O) groups is 1. The number of ether oxygens (including phenoxy) is 2. The molecular weight excluding hydrogens is 386 g/mol. The molecule has 3 aromatic rings. The summed E-state index contributed by atoms with van der Waals surface area (Å²) in [5, 5.41) is 0.624. The van der Waals surface area contributed by atoms with Gasteiger partial charge < -0.3 is 9.47 Å². The summed E-state index contributed by atoms with van der Waals surface area (Å²) in [4.78, 5) is 16.3. The summed E-state index contributed by atoms with van der Waals surface area (Å²) in [6.07, 6.45) is 0.498. The van der Waals surface area contributed by atoms with Crippen molar-refractivity contribution in [3.8, 4) is 5.75 Å². The Hall–Kier alpha value is -2.85. The molecule has 0 amide bonds. The van der Waals surface area contributed by atoms with Crippen molar-refractivity contribution in [1.82, 2.24) is 4.98 Å². The van der Waals surface area contributed by atoms with E-state index < -0.39 is 5.97 Å². The molecule has 0 spiro atoms. The topological polar surface area (TPSA) is 48.4 Å². The minimum Gasteiger partial charge on any atom is -0.489 e. The Kier molecular flexibility index (Phi) is 9.19. The quantitative estimate of drug-likeness (QED) is 0.440. The lowest BCUT2D eigenvalue weighted by Crippen LogP contribution is -2.08. The summed E-state index contributed by atoms with van der Waals surface area (Å²) in [5.74, 6) is 0.317. The van der Waals surface area contributed by atoms with Gasteiger partial charge in [0.15, 0.2) is 0 Å². The molecule has 0 aliphatic rings. The van der Waals surface area contributed by atoms with Crippen LogP contribution in [-0.2, 0) is 17.8 Å². The lowest BCUT2D eigenvalue weighted by atomic mass is 10.1. The third kappa shape index (κ3) is 6.91. The molecule has 152 valence electrons. The first-order valence-electron chi connectivity index (χ1n) is 9.74. The van der Waals surface area contributed by atoms with Crippen molar-refractivity contribution in [2.75, 3.05) is 6.61 Å². The second-order valence-electron chi connectivity index (χ2n) is 5.94. The maximum Gasteiger partial charge on any atom is 0.356 e. The fourth-order valence-electron chi connectivity index (χ4n) is 2.65. The number of carbonyl (C=O) groups excluding carboxylic acids is 1. The summed E-state index contributed by atoms with van der Waals surface area (Å²) in [6.45, 7) is 6.55. The lowest BCUT2D eigenvalue weighted by molar-refractivity contribution is 0.0519. The first kappa shape index (κ1) is 22.4. The number of nitrogens with zero attached hydrogens (tertiary/aromatic N) is 1. The van der Waals surface area contributed by atoms with E-state index in [1.807, 2.05) is 62.4 Å². The Labute approximate surface area is 177 Å². The van der Waals surface area contributed by atoms with Crippen molar-refractivity contribution in [3.63, 3.8) is 0 Å². The van der Waals surface area contributed by atoms with Crippen LogP contribution in [0.15, 0.2) is 66.7 Å². The van der Waals surface area contributed by atoms with Gasteiger partial charge in [0.25, 0.3) is 0 Å². The normalized spacial score (nSPS) is 9.93. The number of hydrogen-bond acceptors (Lipinski definition) is 4. The van der Waals surface area contributed by atoms with Crippen molar-refractivity contribution in [1.29, 1.82) is 0 Å². The number of benzene rings is 2. The van der Waals surface area contributed by atoms with E-state index in [1.54, 1.807) is 25.1 Å². The Balaban J connectivity index is 0.00000145. The van der Waals surface area contributed by atoms with E-state index in [0.29, 0.717) is 30.4 Å². The molecule has 0 atom stereocenters. The first-order valence-corrected chi connectivity index (χ1v) is 10.1. The summed E-state index contributed by atoms with van der Waals surface area (Å²) in [5.41, 5.74) is 3.03. The number of halogens is 1. The van der Waals surface area contributed by atoms with Crippen LogP contribution in [0.2, 0.25) is 5.02 Å². The van der Waals surface area contributed by atoms with Crippen molar-refractivity contribution < 1.29 is 14.3 Å². The van der Waals surface area contributed by atoms with Crippen LogP contribution in [-0.4, -0.2) is 17.6 Å². The molecule has 5 heteroatoms. The van der Waals surface area contributed by atoms with Gasteiger partial charge in [0.05, 0.1) is 6.61 Å². The van der Waals surface area contributed by atoms with E-state index in [2.05, 4.69) is 4.98 Å². The van der Waals surface area contributed by atoms with Crippen LogP contribution >= 0.6 is 11.6 Å². The Bertz CT molecular complexity index is 913. The predicted octanol–water partition coefficient (Wildman–Crippen LogP) is 6.11. The van der Waals surface area contributed by atoms with Gasteiger partial charge in [-0.1, -0.05) is 61.8 Å². The second-order valence-corrected chi connectivity index (χ2v) is 6.37. The number of esters is 1. The fraction of sp³-hybridized carbons (Fsp3) is 0.250. The van der Waals surface area contributed by atoms with Gasteiger partial charge in [0.2, 0.25) is 0 Å². The number of hydrogen-bond donors (Lipinski definition) is 0. The minimum absolute atomic E-state index is 0.295. The van der Waals surface area contributed by atoms with E-state index in [4.69, 9.17) is 21.1 Å². The highest BCUT2D eigenvalue weighted by Crippen LogP contribution is 2.26. The van der Waals surface area contributed by atoms with Gasteiger partial charge >= 0.3 is 5.97 Å². The lowest BCUT2D eigenvalue weighted by Gasteiger charge is -2.12. The number of rotatable bonds is 7. The standard InChI is InChI=1S/C22H20ClNO3.C2H6/c1-2-26-22(25)20-10-6-9-19(24-20)14-17-13-18(23)11-12-21(17)27-15-16-7-4-3-5-8-16;1-2/h3-13H,2,14-15H2,1H3;1-2H3. The highest BCUT2D eigenvalue weighted by atomic mass is 35.5. The molecule has 0 saturated carbocycles. The van der Waals surface area contributed by atoms with Crippen LogP contribution < -0.4 is 4.74 Å². The summed E-state index contributed by atoms with van der Waals surface area (Å²) in [6, 6.07) is 20.8. The summed E-state index contributed by atoms with van der Waals surface area (Å²) < 4.78 is 11.0. The van der Waals surface area contributed by atoms with E-state index in [-0.39, 0.29) is 0 Å². The van der Waals surface area contributed by atoms with Crippen LogP contribution in [0, 0.1) is 0 Å². The third-order valence-corrected chi connectivity index (χ3v) is 4.16. The predicted molar refractivity (Wildman–Crippen MR) is 117 cm³/mol. The molecule has 2 aromatic carbocycles. The molecule has 4 nitrogen and oxygen atoms in total. The minimum atomic E-state index is -0.425. The van der Waals surface area contributed by atoms with Crippen LogP contribution in [0.3, 0.4) is 0 Å². The maximum absolute atomic E-state index is 11.9. The van der Waals surface area contributed by atoms with Gasteiger partial charge in [0, 0.05) is 22.7 Å². The van der Waals surface area contributed by atoms with Gasteiger partial charge in [-0.3, -0.25) is 0 Å².